The number of rotatable bonds is 6. The second kappa shape index (κ2) is 7.88. The molecular formula is C19H19ClN2OS. The van der Waals surface area contributed by atoms with Crippen LogP contribution in [0.3, 0.4) is 0 Å². The Hall–Kier alpha value is -1.75. The summed E-state index contributed by atoms with van der Waals surface area (Å²) in [7, 11) is 0. The standard InChI is InChI=1S/C19H19ClN2OS/c1-14(16-5-3-2-4-6-16)24-19-21-18(13-23)12-22(19)11-15-7-9-17(20)10-8-15/h2-10,12,14,23H,11,13H2,1H3. The van der Waals surface area contributed by atoms with E-state index in [4.69, 9.17) is 11.6 Å². The zero-order valence-electron chi connectivity index (χ0n) is 13.4. The van der Waals surface area contributed by atoms with Gasteiger partial charge in [-0.1, -0.05) is 65.8 Å². The van der Waals surface area contributed by atoms with Gasteiger partial charge < -0.3 is 9.67 Å². The summed E-state index contributed by atoms with van der Waals surface area (Å²) in [6, 6.07) is 18.2. The average Bonchev–Trinajstić information content (AvgIpc) is 2.99. The Bertz CT molecular complexity index is 787. The highest BCUT2D eigenvalue weighted by Gasteiger charge is 2.14. The number of imidazole rings is 1. The molecule has 3 nitrogen and oxygen atoms in total. The zero-order valence-corrected chi connectivity index (χ0v) is 15.0. The van der Waals surface area contributed by atoms with E-state index in [2.05, 4.69) is 28.6 Å². The first-order valence-electron chi connectivity index (χ1n) is 7.78. The van der Waals surface area contributed by atoms with E-state index in [-0.39, 0.29) is 11.9 Å². The molecule has 0 spiro atoms. The van der Waals surface area contributed by atoms with Crippen molar-refractivity contribution in [1.82, 2.24) is 9.55 Å². The normalized spacial score (nSPS) is 12.3. The van der Waals surface area contributed by atoms with Crippen LogP contribution in [0.5, 0.6) is 0 Å². The van der Waals surface area contributed by atoms with Gasteiger partial charge in [0.05, 0.1) is 12.3 Å². The summed E-state index contributed by atoms with van der Waals surface area (Å²) in [5, 5.41) is 11.3. The largest absolute Gasteiger partial charge is 0.390 e. The van der Waals surface area contributed by atoms with Crippen molar-refractivity contribution in [3.05, 3.63) is 82.6 Å². The van der Waals surface area contributed by atoms with E-state index in [0.29, 0.717) is 12.2 Å². The Labute approximate surface area is 151 Å². The minimum atomic E-state index is -0.0547. The van der Waals surface area contributed by atoms with Gasteiger partial charge in [-0.05, 0) is 30.2 Å². The third-order valence-corrected chi connectivity index (χ3v) is 5.18. The molecule has 1 N–H and O–H groups in total. The number of aliphatic hydroxyl groups excluding tert-OH is 1. The number of benzene rings is 2. The summed E-state index contributed by atoms with van der Waals surface area (Å²) in [5.74, 6) is 0. The fourth-order valence-electron chi connectivity index (χ4n) is 2.47. The Balaban J connectivity index is 1.82. The molecule has 3 aromatic rings. The van der Waals surface area contributed by atoms with Crippen LogP contribution in [0.4, 0.5) is 0 Å². The van der Waals surface area contributed by atoms with Gasteiger partial charge in [-0.15, -0.1) is 0 Å². The lowest BCUT2D eigenvalue weighted by Crippen LogP contribution is -2.01. The van der Waals surface area contributed by atoms with Gasteiger partial charge >= 0.3 is 0 Å². The molecule has 124 valence electrons. The number of halogens is 1. The lowest BCUT2D eigenvalue weighted by Gasteiger charge is -2.13. The van der Waals surface area contributed by atoms with E-state index in [9.17, 15) is 5.11 Å². The number of hydrogen-bond donors (Lipinski definition) is 1. The molecule has 0 aliphatic carbocycles. The smallest absolute Gasteiger partial charge is 0.169 e. The summed E-state index contributed by atoms with van der Waals surface area (Å²) >= 11 is 7.65. The minimum absolute atomic E-state index is 0.0547. The molecule has 3 rings (SSSR count). The minimum Gasteiger partial charge on any atom is -0.390 e. The number of aromatic nitrogens is 2. The van der Waals surface area contributed by atoms with Crippen LogP contribution in [0.2, 0.25) is 5.02 Å². The number of thioether (sulfide) groups is 1. The summed E-state index contributed by atoms with van der Waals surface area (Å²) < 4.78 is 2.08. The molecule has 1 aromatic heterocycles. The molecule has 0 fully saturated rings. The Morgan fingerprint density at radius 2 is 1.83 bits per heavy atom. The summed E-state index contributed by atoms with van der Waals surface area (Å²) in [6.07, 6.45) is 1.91. The zero-order chi connectivity index (χ0) is 16.9. The van der Waals surface area contributed by atoms with Crippen LogP contribution < -0.4 is 0 Å². The van der Waals surface area contributed by atoms with Gasteiger partial charge in [0.25, 0.3) is 0 Å². The first-order chi connectivity index (χ1) is 11.7. The lowest BCUT2D eigenvalue weighted by atomic mass is 10.2. The molecule has 0 bridgehead atoms. The maximum absolute atomic E-state index is 9.43. The maximum Gasteiger partial charge on any atom is 0.169 e. The second-order valence-electron chi connectivity index (χ2n) is 5.60. The maximum atomic E-state index is 9.43. The lowest BCUT2D eigenvalue weighted by molar-refractivity contribution is 0.277. The monoisotopic (exact) mass is 358 g/mol. The molecule has 0 radical (unpaired) electrons. The van der Waals surface area contributed by atoms with Crippen LogP contribution in [0.25, 0.3) is 0 Å². The summed E-state index contributed by atoms with van der Waals surface area (Å²) in [4.78, 5) is 4.56. The fraction of sp³-hybridized carbons (Fsp3) is 0.211. The second-order valence-corrected chi connectivity index (χ2v) is 7.34. The van der Waals surface area contributed by atoms with Crippen LogP contribution in [-0.4, -0.2) is 14.7 Å². The van der Waals surface area contributed by atoms with Crippen molar-refractivity contribution in [1.29, 1.82) is 0 Å². The van der Waals surface area contributed by atoms with E-state index < -0.39 is 0 Å². The fourth-order valence-corrected chi connectivity index (χ4v) is 3.63. The number of nitrogens with zero attached hydrogens (tertiary/aromatic N) is 2. The van der Waals surface area contributed by atoms with Crippen LogP contribution in [0, 0.1) is 0 Å². The molecule has 1 heterocycles. The van der Waals surface area contributed by atoms with Gasteiger partial charge in [-0.25, -0.2) is 4.98 Å². The Morgan fingerprint density at radius 3 is 2.50 bits per heavy atom. The molecule has 24 heavy (non-hydrogen) atoms. The molecule has 0 aliphatic heterocycles. The molecule has 0 amide bonds. The third kappa shape index (κ3) is 4.20. The summed E-state index contributed by atoms with van der Waals surface area (Å²) in [6.45, 7) is 2.81. The van der Waals surface area contributed by atoms with E-state index in [1.54, 1.807) is 11.8 Å². The van der Waals surface area contributed by atoms with Gasteiger partial charge in [0.1, 0.15) is 0 Å². The van der Waals surface area contributed by atoms with Gasteiger partial charge in [-0.2, -0.15) is 0 Å². The Kier molecular flexibility index (Phi) is 5.61. The Morgan fingerprint density at radius 1 is 1.12 bits per heavy atom. The van der Waals surface area contributed by atoms with Crippen molar-refractivity contribution in [3.63, 3.8) is 0 Å². The highest BCUT2D eigenvalue weighted by molar-refractivity contribution is 7.99. The van der Waals surface area contributed by atoms with Crippen LogP contribution >= 0.6 is 23.4 Å². The van der Waals surface area contributed by atoms with Crippen LogP contribution in [0.1, 0.15) is 29.0 Å². The molecule has 2 aromatic carbocycles. The first kappa shape index (κ1) is 17.1. The molecule has 0 saturated carbocycles. The molecular weight excluding hydrogens is 340 g/mol. The van der Waals surface area contributed by atoms with E-state index >= 15 is 0 Å². The van der Waals surface area contributed by atoms with Crippen molar-refractivity contribution in [2.75, 3.05) is 0 Å². The third-order valence-electron chi connectivity index (χ3n) is 3.77. The van der Waals surface area contributed by atoms with E-state index in [0.717, 1.165) is 15.7 Å². The summed E-state index contributed by atoms with van der Waals surface area (Å²) in [5.41, 5.74) is 3.09. The topological polar surface area (TPSA) is 38.1 Å². The van der Waals surface area contributed by atoms with Crippen LogP contribution in [-0.2, 0) is 13.2 Å². The first-order valence-corrected chi connectivity index (χ1v) is 9.04. The molecule has 0 aliphatic rings. The average molecular weight is 359 g/mol. The molecule has 5 heteroatoms. The van der Waals surface area contributed by atoms with Crippen molar-refractivity contribution in [2.45, 2.75) is 30.5 Å². The molecule has 0 saturated heterocycles. The van der Waals surface area contributed by atoms with Crippen molar-refractivity contribution < 1.29 is 5.11 Å². The van der Waals surface area contributed by atoms with Crippen molar-refractivity contribution in [3.8, 4) is 0 Å². The predicted molar refractivity (Wildman–Crippen MR) is 99.4 cm³/mol. The number of hydrogen-bond acceptors (Lipinski definition) is 3. The SMILES string of the molecule is CC(Sc1nc(CO)cn1Cc1ccc(Cl)cc1)c1ccccc1. The highest BCUT2D eigenvalue weighted by Crippen LogP contribution is 2.34. The highest BCUT2D eigenvalue weighted by atomic mass is 35.5. The van der Waals surface area contributed by atoms with Gasteiger partial charge in [0.2, 0.25) is 0 Å². The van der Waals surface area contributed by atoms with Crippen LogP contribution in [0.15, 0.2) is 66.0 Å². The van der Waals surface area contributed by atoms with Gasteiger partial charge in [0.15, 0.2) is 5.16 Å². The van der Waals surface area contributed by atoms with Gasteiger partial charge in [-0.3, -0.25) is 0 Å². The predicted octanol–water partition coefficient (Wildman–Crippen LogP) is 4.93. The van der Waals surface area contributed by atoms with Gasteiger partial charge in [0, 0.05) is 23.0 Å². The van der Waals surface area contributed by atoms with Crippen molar-refractivity contribution in [2.24, 2.45) is 0 Å². The van der Waals surface area contributed by atoms with Crippen molar-refractivity contribution >= 4 is 23.4 Å². The number of aliphatic hydroxyl groups is 1. The molecule has 1 unspecified atom stereocenters. The van der Waals surface area contributed by atoms with E-state index in [1.807, 2.05) is 48.7 Å². The molecule has 1 atom stereocenters. The quantitative estimate of drug-likeness (QED) is 0.635. The van der Waals surface area contributed by atoms with E-state index in [1.165, 1.54) is 5.56 Å².